The smallest absolute Gasteiger partial charge is 0.254 e. The molecule has 0 fully saturated rings. The third-order valence-electron chi connectivity index (χ3n) is 3.50. The average molecular weight is 315 g/mol. The summed E-state index contributed by atoms with van der Waals surface area (Å²) in [6, 6.07) is 9.71. The topological polar surface area (TPSA) is 67.2 Å². The van der Waals surface area contributed by atoms with Crippen molar-refractivity contribution >= 4 is 5.91 Å². The summed E-state index contributed by atoms with van der Waals surface area (Å²) in [5.74, 6) is -0.201. The first-order valence-electron chi connectivity index (χ1n) is 7.85. The summed E-state index contributed by atoms with van der Waals surface area (Å²) >= 11 is 0. The van der Waals surface area contributed by atoms with Crippen molar-refractivity contribution < 1.29 is 9.90 Å². The van der Waals surface area contributed by atoms with Gasteiger partial charge >= 0.3 is 0 Å². The molecule has 1 aromatic heterocycles. The minimum atomic E-state index is -0.250. The number of aromatic nitrogens is 2. The average Bonchev–Trinajstić information content (AvgIpc) is 2.94. The van der Waals surface area contributed by atoms with Crippen LogP contribution < -0.4 is 5.32 Å². The Morgan fingerprint density at radius 1 is 1.30 bits per heavy atom. The molecule has 5 heteroatoms. The highest BCUT2D eigenvalue weighted by Crippen LogP contribution is 2.20. The Hall–Kier alpha value is -2.14. The molecule has 1 unspecified atom stereocenters. The molecule has 1 atom stereocenters. The predicted molar refractivity (Wildman–Crippen MR) is 90.2 cm³/mol. The van der Waals surface area contributed by atoms with E-state index in [2.05, 4.69) is 31.2 Å². The highest BCUT2D eigenvalue weighted by atomic mass is 16.3. The monoisotopic (exact) mass is 315 g/mol. The fraction of sp³-hybridized carbons (Fsp3) is 0.444. The van der Waals surface area contributed by atoms with Crippen molar-refractivity contribution in [3.05, 3.63) is 53.9 Å². The standard InChI is InChI=1S/C18H25N3O2/c1-18(2,3)9-16(13-22)20-17(23)15-10-19-21(12-15)11-14-7-5-4-6-8-14/h4-8,10,12,16,22H,9,11,13H2,1-3H3,(H,20,23). The van der Waals surface area contributed by atoms with Crippen LogP contribution in [-0.4, -0.2) is 33.4 Å². The maximum atomic E-state index is 12.3. The van der Waals surface area contributed by atoms with Crippen molar-refractivity contribution in [2.75, 3.05) is 6.61 Å². The lowest BCUT2D eigenvalue weighted by molar-refractivity contribution is 0.0897. The fourth-order valence-electron chi connectivity index (χ4n) is 2.51. The van der Waals surface area contributed by atoms with Gasteiger partial charge in [-0.3, -0.25) is 9.48 Å². The van der Waals surface area contributed by atoms with Gasteiger partial charge in [0.25, 0.3) is 5.91 Å². The number of hydrogen-bond donors (Lipinski definition) is 2. The number of benzene rings is 1. The lowest BCUT2D eigenvalue weighted by Gasteiger charge is -2.25. The third-order valence-corrected chi connectivity index (χ3v) is 3.50. The van der Waals surface area contributed by atoms with E-state index in [1.807, 2.05) is 30.3 Å². The molecule has 1 amide bonds. The highest BCUT2D eigenvalue weighted by Gasteiger charge is 2.21. The Morgan fingerprint density at radius 2 is 2.00 bits per heavy atom. The van der Waals surface area contributed by atoms with Crippen molar-refractivity contribution in [2.45, 2.75) is 39.8 Å². The van der Waals surface area contributed by atoms with Gasteiger partial charge in [0.2, 0.25) is 0 Å². The molecular weight excluding hydrogens is 290 g/mol. The number of aliphatic hydroxyl groups is 1. The summed E-state index contributed by atoms with van der Waals surface area (Å²) in [6.45, 7) is 6.81. The molecule has 1 heterocycles. The first-order valence-corrected chi connectivity index (χ1v) is 7.85. The van der Waals surface area contributed by atoms with E-state index < -0.39 is 0 Å². The molecule has 2 rings (SSSR count). The van der Waals surface area contributed by atoms with Crippen LogP contribution >= 0.6 is 0 Å². The molecule has 124 valence electrons. The van der Waals surface area contributed by atoms with Gasteiger partial charge in [-0.2, -0.15) is 5.10 Å². The zero-order valence-corrected chi connectivity index (χ0v) is 14.0. The number of hydrogen-bond acceptors (Lipinski definition) is 3. The van der Waals surface area contributed by atoms with Gasteiger partial charge in [0.05, 0.1) is 31.0 Å². The summed E-state index contributed by atoms with van der Waals surface area (Å²) in [6.07, 6.45) is 4.01. The second-order valence-corrected chi connectivity index (χ2v) is 7.03. The van der Waals surface area contributed by atoms with Crippen LogP contribution in [0, 0.1) is 5.41 Å². The molecule has 0 spiro atoms. The zero-order chi connectivity index (χ0) is 16.9. The molecule has 0 saturated carbocycles. The fourth-order valence-corrected chi connectivity index (χ4v) is 2.51. The van der Waals surface area contributed by atoms with Crippen LogP contribution in [0.4, 0.5) is 0 Å². The van der Waals surface area contributed by atoms with Crippen molar-refractivity contribution in [3.63, 3.8) is 0 Å². The number of aliphatic hydroxyl groups excluding tert-OH is 1. The predicted octanol–water partition coefficient (Wildman–Crippen LogP) is 2.46. The quantitative estimate of drug-likeness (QED) is 0.860. The Labute approximate surface area is 137 Å². The second-order valence-electron chi connectivity index (χ2n) is 7.03. The lowest BCUT2D eigenvalue weighted by Crippen LogP contribution is -2.39. The molecule has 2 N–H and O–H groups in total. The van der Waals surface area contributed by atoms with Crippen molar-refractivity contribution in [3.8, 4) is 0 Å². The molecule has 1 aromatic carbocycles. The summed E-state index contributed by atoms with van der Waals surface area (Å²) in [5, 5.41) is 16.6. The van der Waals surface area contributed by atoms with E-state index >= 15 is 0 Å². The molecule has 0 bridgehead atoms. The van der Waals surface area contributed by atoms with E-state index in [-0.39, 0.29) is 24.0 Å². The van der Waals surface area contributed by atoms with E-state index in [9.17, 15) is 9.90 Å². The Kier molecular flexibility index (Phi) is 5.55. The van der Waals surface area contributed by atoms with Crippen LogP contribution in [0.1, 0.15) is 43.1 Å². The minimum Gasteiger partial charge on any atom is -0.394 e. The zero-order valence-electron chi connectivity index (χ0n) is 14.0. The minimum absolute atomic E-state index is 0.0398. The van der Waals surface area contributed by atoms with Gasteiger partial charge in [0.1, 0.15) is 0 Å². The van der Waals surface area contributed by atoms with Gasteiger partial charge in [-0.25, -0.2) is 0 Å². The van der Waals surface area contributed by atoms with Gasteiger partial charge in [0, 0.05) is 6.20 Å². The van der Waals surface area contributed by atoms with Gasteiger partial charge in [-0.1, -0.05) is 51.1 Å². The number of carbonyl (C=O) groups is 1. The second kappa shape index (κ2) is 7.42. The van der Waals surface area contributed by atoms with Gasteiger partial charge in [0.15, 0.2) is 0 Å². The number of nitrogens with one attached hydrogen (secondary N) is 1. The maximum Gasteiger partial charge on any atom is 0.254 e. The molecule has 23 heavy (non-hydrogen) atoms. The molecule has 0 aliphatic carbocycles. The SMILES string of the molecule is CC(C)(C)CC(CO)NC(=O)c1cnn(Cc2ccccc2)c1. The van der Waals surface area contributed by atoms with Crippen LogP contribution in [0.15, 0.2) is 42.7 Å². The van der Waals surface area contributed by atoms with E-state index in [4.69, 9.17) is 0 Å². The summed E-state index contributed by atoms with van der Waals surface area (Å²) in [5.41, 5.74) is 1.68. The molecule has 0 radical (unpaired) electrons. The molecule has 0 aliphatic rings. The van der Waals surface area contributed by atoms with Gasteiger partial charge in [-0.05, 0) is 17.4 Å². The maximum absolute atomic E-state index is 12.3. The third kappa shape index (κ3) is 5.53. The number of nitrogens with zero attached hydrogens (tertiary/aromatic N) is 2. The van der Waals surface area contributed by atoms with Crippen LogP contribution in [0.25, 0.3) is 0 Å². The van der Waals surface area contributed by atoms with Crippen LogP contribution in [0.2, 0.25) is 0 Å². The normalized spacial score (nSPS) is 12.9. The van der Waals surface area contributed by atoms with Crippen molar-refractivity contribution in [2.24, 2.45) is 5.41 Å². The number of rotatable bonds is 6. The van der Waals surface area contributed by atoms with E-state index in [1.54, 1.807) is 17.1 Å². The van der Waals surface area contributed by atoms with Crippen molar-refractivity contribution in [1.82, 2.24) is 15.1 Å². The number of amides is 1. The van der Waals surface area contributed by atoms with Gasteiger partial charge < -0.3 is 10.4 Å². The van der Waals surface area contributed by atoms with Crippen LogP contribution in [0.3, 0.4) is 0 Å². The Bertz CT molecular complexity index is 629. The largest absolute Gasteiger partial charge is 0.394 e. The van der Waals surface area contributed by atoms with Crippen LogP contribution in [-0.2, 0) is 6.54 Å². The lowest BCUT2D eigenvalue weighted by atomic mass is 9.88. The molecule has 5 nitrogen and oxygen atoms in total. The molecule has 0 aliphatic heterocycles. The molecule has 0 saturated heterocycles. The Morgan fingerprint density at radius 3 is 2.61 bits per heavy atom. The van der Waals surface area contributed by atoms with E-state index in [0.717, 1.165) is 5.56 Å². The highest BCUT2D eigenvalue weighted by molar-refractivity contribution is 5.93. The van der Waals surface area contributed by atoms with Crippen LogP contribution in [0.5, 0.6) is 0 Å². The molecular formula is C18H25N3O2. The summed E-state index contributed by atoms with van der Waals surface area (Å²) in [4.78, 5) is 12.3. The summed E-state index contributed by atoms with van der Waals surface area (Å²) < 4.78 is 1.74. The van der Waals surface area contributed by atoms with E-state index in [1.165, 1.54) is 0 Å². The number of carbonyl (C=O) groups excluding carboxylic acids is 1. The molecule has 2 aromatic rings. The Balaban J connectivity index is 1.98. The van der Waals surface area contributed by atoms with Crippen molar-refractivity contribution in [1.29, 1.82) is 0 Å². The first kappa shape index (κ1) is 17.2. The van der Waals surface area contributed by atoms with E-state index in [0.29, 0.717) is 18.5 Å². The first-order chi connectivity index (χ1) is 10.9. The van der Waals surface area contributed by atoms with Gasteiger partial charge in [-0.15, -0.1) is 0 Å². The summed E-state index contributed by atoms with van der Waals surface area (Å²) in [7, 11) is 0.